The van der Waals surface area contributed by atoms with Crippen molar-refractivity contribution in [2.24, 2.45) is 7.05 Å². The number of hydrogen-bond donors (Lipinski definition) is 0. The number of benzene rings is 4. The molecule has 1 saturated carbocycles. The van der Waals surface area contributed by atoms with Gasteiger partial charge in [0.05, 0.1) is 11.1 Å². The highest BCUT2D eigenvalue weighted by Crippen LogP contribution is 2.42. The van der Waals surface area contributed by atoms with Crippen molar-refractivity contribution in [2.75, 3.05) is 0 Å². The molecule has 1 aliphatic rings. The zero-order chi connectivity index (χ0) is 27.4. The number of aryl methyl sites for hydroxylation is 2. The van der Waals surface area contributed by atoms with Crippen LogP contribution in [0.3, 0.4) is 0 Å². The SMILES string of the molecule is [2H]C1(c2ccc(-c3ccc(-c4c(F)ccc5c4oc4c(-c6cccc[n+]6C)c(C)ccc45)cc3)cc2)CCCC1. The summed E-state index contributed by atoms with van der Waals surface area (Å²) in [6.07, 6.45) is 6.16. The summed E-state index contributed by atoms with van der Waals surface area (Å²) in [6.45, 7) is 2.08. The van der Waals surface area contributed by atoms with Crippen LogP contribution < -0.4 is 4.57 Å². The topological polar surface area (TPSA) is 17.0 Å². The van der Waals surface area contributed by atoms with Crippen molar-refractivity contribution in [3.05, 3.63) is 114 Å². The first-order valence-corrected chi connectivity index (χ1v) is 13.7. The van der Waals surface area contributed by atoms with Crippen LogP contribution in [0.4, 0.5) is 4.39 Å². The minimum absolute atomic E-state index is 0.301. The number of nitrogens with zero attached hydrogens (tertiary/aromatic N) is 1. The van der Waals surface area contributed by atoms with Gasteiger partial charge in [-0.1, -0.05) is 73.5 Å². The van der Waals surface area contributed by atoms with E-state index in [0.717, 1.165) is 81.1 Å². The van der Waals surface area contributed by atoms with Gasteiger partial charge in [0.25, 0.3) is 0 Å². The van der Waals surface area contributed by atoms with E-state index in [9.17, 15) is 0 Å². The summed E-state index contributed by atoms with van der Waals surface area (Å²) in [5.41, 5.74) is 9.03. The van der Waals surface area contributed by atoms with Gasteiger partial charge in [-0.2, -0.15) is 0 Å². The van der Waals surface area contributed by atoms with Gasteiger partial charge in [0.1, 0.15) is 24.0 Å². The molecule has 0 atom stereocenters. The zero-order valence-corrected chi connectivity index (χ0v) is 22.3. The lowest BCUT2D eigenvalue weighted by Gasteiger charge is -2.11. The Bertz CT molecular complexity index is 1880. The molecule has 39 heavy (non-hydrogen) atoms. The molecule has 0 amide bonds. The maximum atomic E-state index is 15.5. The fourth-order valence-electron chi connectivity index (χ4n) is 6.17. The number of fused-ring (bicyclic) bond motifs is 3. The maximum absolute atomic E-state index is 15.5. The van der Waals surface area contributed by atoms with Crippen LogP contribution >= 0.6 is 0 Å². The molecular formula is C36H31FNO+. The van der Waals surface area contributed by atoms with Gasteiger partial charge in [-0.15, -0.1) is 0 Å². The Hall–Kier alpha value is -4.24. The van der Waals surface area contributed by atoms with Crippen LogP contribution in [0.15, 0.2) is 102 Å². The number of aromatic nitrogens is 1. The van der Waals surface area contributed by atoms with E-state index in [-0.39, 0.29) is 5.82 Å². The summed E-state index contributed by atoms with van der Waals surface area (Å²) < 4.78 is 32.9. The Labute approximate surface area is 229 Å². The van der Waals surface area contributed by atoms with Crippen molar-refractivity contribution in [1.29, 1.82) is 0 Å². The first-order chi connectivity index (χ1) is 19.4. The summed E-state index contributed by atoms with van der Waals surface area (Å²) in [5, 5.41) is 1.88. The number of rotatable bonds is 4. The van der Waals surface area contributed by atoms with E-state index in [1.54, 1.807) is 6.07 Å². The predicted octanol–water partition coefficient (Wildman–Crippen LogP) is 9.52. The molecule has 0 spiro atoms. The molecule has 0 saturated heterocycles. The minimum atomic E-state index is -0.443. The van der Waals surface area contributed by atoms with Gasteiger partial charge in [-0.05, 0) is 71.7 Å². The molecule has 0 bridgehead atoms. The molecule has 1 fully saturated rings. The van der Waals surface area contributed by atoms with Gasteiger partial charge < -0.3 is 4.42 Å². The average Bonchev–Trinajstić information content (AvgIpc) is 3.58. The van der Waals surface area contributed by atoms with Crippen LogP contribution in [0, 0.1) is 12.7 Å². The molecule has 3 heteroatoms. The Kier molecular flexibility index (Phi) is 5.53. The van der Waals surface area contributed by atoms with E-state index in [2.05, 4.69) is 54.0 Å². The van der Waals surface area contributed by atoms with E-state index >= 15 is 4.39 Å². The maximum Gasteiger partial charge on any atom is 0.216 e. The second-order valence-corrected chi connectivity index (χ2v) is 10.7. The van der Waals surface area contributed by atoms with Gasteiger partial charge in [-0.3, -0.25) is 0 Å². The van der Waals surface area contributed by atoms with Gasteiger partial charge >= 0.3 is 0 Å². The third kappa shape index (κ3) is 4.04. The minimum Gasteiger partial charge on any atom is -0.454 e. The highest BCUT2D eigenvalue weighted by atomic mass is 19.1. The van der Waals surface area contributed by atoms with Crippen LogP contribution in [-0.4, -0.2) is 0 Å². The van der Waals surface area contributed by atoms with Crippen LogP contribution in [0.2, 0.25) is 0 Å². The highest BCUT2D eigenvalue weighted by Gasteiger charge is 2.23. The summed E-state index contributed by atoms with van der Waals surface area (Å²) in [6, 6.07) is 30.1. The molecule has 7 rings (SSSR count). The molecule has 2 aromatic heterocycles. The summed E-state index contributed by atoms with van der Waals surface area (Å²) in [7, 11) is 2.02. The molecule has 2 heterocycles. The monoisotopic (exact) mass is 513 g/mol. The Morgan fingerprint density at radius 2 is 1.36 bits per heavy atom. The van der Waals surface area contributed by atoms with Crippen molar-refractivity contribution in [1.82, 2.24) is 0 Å². The first-order valence-electron chi connectivity index (χ1n) is 14.2. The van der Waals surface area contributed by atoms with Crippen molar-refractivity contribution < 1.29 is 14.7 Å². The lowest BCUT2D eigenvalue weighted by atomic mass is 9.94. The Morgan fingerprint density at radius 3 is 2.05 bits per heavy atom. The molecule has 1 aliphatic carbocycles. The molecule has 192 valence electrons. The average molecular weight is 514 g/mol. The van der Waals surface area contributed by atoms with Crippen LogP contribution in [0.25, 0.3) is 55.4 Å². The molecular weight excluding hydrogens is 481 g/mol. The summed E-state index contributed by atoms with van der Waals surface area (Å²) in [5.74, 6) is -0.744. The number of halogens is 1. The third-order valence-electron chi connectivity index (χ3n) is 8.29. The molecule has 0 aliphatic heterocycles. The summed E-state index contributed by atoms with van der Waals surface area (Å²) >= 11 is 0. The van der Waals surface area contributed by atoms with Crippen LogP contribution in [0.1, 0.15) is 44.1 Å². The molecule has 0 unspecified atom stereocenters. The number of furan rings is 1. The fraction of sp³-hybridized carbons (Fsp3) is 0.194. The Balaban J connectivity index is 1.31. The van der Waals surface area contributed by atoms with E-state index in [1.807, 2.05) is 55.7 Å². The normalized spacial score (nSPS) is 15.2. The van der Waals surface area contributed by atoms with E-state index in [0.29, 0.717) is 11.1 Å². The second kappa shape index (κ2) is 9.50. The molecule has 6 aromatic rings. The molecule has 0 N–H and O–H groups in total. The van der Waals surface area contributed by atoms with Crippen molar-refractivity contribution >= 4 is 21.9 Å². The standard InChI is InChI=1S/C36H31FNO/c1-23-10-19-29-30-20-21-31(37)34(36(30)39-35(29)33(23)32-9-5-6-22-38(32)2)28-17-15-27(16-18-28)26-13-11-25(12-14-26)24-7-3-4-8-24/h5-6,9-22,24H,3-4,7-8H2,1-2H3/q+1/i24D. The van der Waals surface area contributed by atoms with Crippen LogP contribution in [-0.2, 0) is 7.05 Å². The number of pyridine rings is 1. The Morgan fingerprint density at radius 1 is 0.744 bits per heavy atom. The van der Waals surface area contributed by atoms with E-state index in [1.165, 1.54) is 0 Å². The molecule has 0 radical (unpaired) electrons. The number of hydrogen-bond acceptors (Lipinski definition) is 1. The second-order valence-electron chi connectivity index (χ2n) is 10.7. The lowest BCUT2D eigenvalue weighted by Crippen LogP contribution is -2.30. The van der Waals surface area contributed by atoms with Crippen LogP contribution in [0.5, 0.6) is 0 Å². The van der Waals surface area contributed by atoms with Gasteiger partial charge in [-0.25, -0.2) is 8.96 Å². The van der Waals surface area contributed by atoms with Gasteiger partial charge in [0.2, 0.25) is 5.69 Å². The zero-order valence-electron chi connectivity index (χ0n) is 23.3. The first kappa shape index (κ1) is 22.7. The molecule has 4 aromatic carbocycles. The third-order valence-corrected chi connectivity index (χ3v) is 8.29. The van der Waals surface area contributed by atoms with Crippen molar-refractivity contribution in [2.45, 2.75) is 38.5 Å². The van der Waals surface area contributed by atoms with Crippen molar-refractivity contribution in [3.8, 4) is 33.5 Å². The predicted molar refractivity (Wildman–Crippen MR) is 157 cm³/mol. The van der Waals surface area contributed by atoms with Gasteiger partial charge in [0.15, 0.2) is 6.20 Å². The fourth-order valence-corrected chi connectivity index (χ4v) is 6.17. The van der Waals surface area contributed by atoms with Crippen molar-refractivity contribution in [3.63, 3.8) is 0 Å². The lowest BCUT2D eigenvalue weighted by molar-refractivity contribution is -0.660. The van der Waals surface area contributed by atoms with Gasteiger partial charge in [0, 0.05) is 24.3 Å². The van der Waals surface area contributed by atoms with E-state index in [4.69, 9.17) is 5.79 Å². The van der Waals surface area contributed by atoms with E-state index < -0.39 is 5.89 Å². The highest BCUT2D eigenvalue weighted by molar-refractivity contribution is 6.13. The summed E-state index contributed by atoms with van der Waals surface area (Å²) in [4.78, 5) is 0. The molecule has 2 nitrogen and oxygen atoms in total. The quantitative estimate of drug-likeness (QED) is 0.215. The largest absolute Gasteiger partial charge is 0.454 e. The smallest absolute Gasteiger partial charge is 0.216 e.